The third-order valence-corrected chi connectivity index (χ3v) is 12.4. The highest BCUT2D eigenvalue weighted by Gasteiger charge is 2.24. The van der Waals surface area contributed by atoms with Crippen LogP contribution < -0.4 is 16.4 Å². The average molecular weight is 804 g/mol. The van der Waals surface area contributed by atoms with E-state index in [1.54, 1.807) is 27.0 Å². The fourth-order valence-electron chi connectivity index (χ4n) is 9.04. The number of pyridine rings is 2. The molecule has 11 rings (SSSR count). The van der Waals surface area contributed by atoms with Crippen LogP contribution in [0.3, 0.4) is 0 Å². The molecule has 14 heteroatoms. The van der Waals surface area contributed by atoms with Gasteiger partial charge in [-0.2, -0.15) is 8.42 Å². The first kappa shape index (κ1) is 35.6. The highest BCUT2D eigenvalue weighted by atomic mass is 32.2. The maximum Gasteiger partial charge on any atom is 0.264 e. The molecule has 0 saturated heterocycles. The Balaban J connectivity index is 0.966. The number of carbonyl (C=O) groups excluding carboxylic acids is 1. The number of nitrogens with one attached hydrogen (secondary N) is 1. The van der Waals surface area contributed by atoms with Gasteiger partial charge in [-0.1, -0.05) is 30.3 Å². The number of nitrogens with zero attached hydrogens (tertiary/aromatic N) is 4. The number of hydrogen-bond donors (Lipinski definition) is 2. The minimum atomic E-state index is -4.01. The molecule has 4 heterocycles. The van der Waals surface area contributed by atoms with Crippen molar-refractivity contribution in [3.8, 4) is 0 Å². The molecule has 0 aliphatic carbocycles. The zero-order chi connectivity index (χ0) is 40.3. The van der Waals surface area contributed by atoms with E-state index in [2.05, 4.69) is 23.5 Å². The second-order valence-corrected chi connectivity index (χ2v) is 16.7. The van der Waals surface area contributed by atoms with Crippen LogP contribution >= 0.6 is 0 Å². The number of imidazole rings is 2. The van der Waals surface area contributed by atoms with E-state index in [0.29, 0.717) is 38.7 Å². The smallest absolute Gasteiger partial charge is 0.264 e. The summed E-state index contributed by atoms with van der Waals surface area (Å²) in [4.78, 5) is 51.8. The van der Waals surface area contributed by atoms with Crippen molar-refractivity contribution in [1.82, 2.24) is 24.1 Å². The second kappa shape index (κ2) is 13.0. The number of ether oxygens (including phenoxy) is 2. The Hall–Kier alpha value is -6.58. The lowest BCUT2D eigenvalue weighted by atomic mass is 9.86. The summed E-state index contributed by atoms with van der Waals surface area (Å²) in [6.45, 7) is 3.16. The fourth-order valence-corrected chi connectivity index (χ4v) is 9.52. The lowest BCUT2D eigenvalue weighted by Crippen LogP contribution is -2.27. The summed E-state index contributed by atoms with van der Waals surface area (Å²) in [5, 5.41) is 13.3. The molecule has 0 radical (unpaired) electrons. The zero-order valence-electron chi connectivity index (χ0n) is 31.5. The van der Waals surface area contributed by atoms with Crippen molar-refractivity contribution in [1.29, 1.82) is 0 Å². The maximum atomic E-state index is 14.5. The van der Waals surface area contributed by atoms with Crippen LogP contribution in [0.5, 0.6) is 0 Å². The molecule has 11 aromatic rings. The molecule has 0 fully saturated rings. The number of benzene rings is 7. The van der Waals surface area contributed by atoms with Gasteiger partial charge in [-0.3, -0.25) is 27.7 Å². The fraction of sp³-hybridized carbons (Fsp3) is 0.178. The largest absolute Gasteiger partial charge is 0.379 e. The Kier molecular flexibility index (Phi) is 7.82. The van der Waals surface area contributed by atoms with Crippen LogP contribution in [-0.4, -0.2) is 76.4 Å². The number of carbonyl (C=O) groups is 1. The molecule has 59 heavy (non-hydrogen) atoms. The molecule has 0 unspecified atom stereocenters. The maximum absolute atomic E-state index is 14.5. The standard InChI is InChI=1S/C45H33N5O8S/c1-23-3-14-35-34(21-23)48-42-30-10-6-26-25-5-9-29-39-32(12-8-28(37(25)39)27-7-11-31(40(30)38(26)27)44(52)49(35)42)45(53)50-36-22-24(4-13-33(36)47-41(29)50)43(51)46-15-17-58-19-18-57-16-2-20-59(54,55)56/h3-14,21-22H,2,15-20H2,1H3,(H,46,51)(H,54,55,56). The lowest BCUT2D eigenvalue weighted by molar-refractivity contribution is 0.0485. The van der Waals surface area contributed by atoms with Crippen LogP contribution in [0.4, 0.5) is 0 Å². The van der Waals surface area contributed by atoms with Gasteiger partial charge in [-0.25, -0.2) is 9.97 Å². The molecule has 4 aromatic heterocycles. The molecular formula is C45H33N5O8S. The summed E-state index contributed by atoms with van der Waals surface area (Å²) < 4.78 is 44.5. The molecule has 0 aliphatic rings. The highest BCUT2D eigenvalue weighted by molar-refractivity contribution is 7.85. The van der Waals surface area contributed by atoms with Gasteiger partial charge in [0.2, 0.25) is 0 Å². The van der Waals surface area contributed by atoms with E-state index < -0.39 is 10.1 Å². The van der Waals surface area contributed by atoms with Crippen molar-refractivity contribution >= 4 is 114 Å². The van der Waals surface area contributed by atoms with Gasteiger partial charge in [0.05, 0.1) is 47.6 Å². The molecule has 0 atom stereocenters. The van der Waals surface area contributed by atoms with E-state index in [1.165, 1.54) is 0 Å². The molecule has 13 nitrogen and oxygen atoms in total. The molecule has 7 aromatic carbocycles. The van der Waals surface area contributed by atoms with Crippen LogP contribution in [0.1, 0.15) is 22.3 Å². The van der Waals surface area contributed by atoms with Gasteiger partial charge in [0, 0.05) is 51.0 Å². The predicted molar refractivity (Wildman–Crippen MR) is 230 cm³/mol. The van der Waals surface area contributed by atoms with E-state index in [4.69, 9.17) is 24.0 Å². The van der Waals surface area contributed by atoms with Crippen molar-refractivity contribution in [3.63, 3.8) is 0 Å². The summed E-state index contributed by atoms with van der Waals surface area (Å²) in [5.41, 5.74) is 4.91. The Bertz CT molecular complexity index is 3790. The molecule has 0 aliphatic heterocycles. The summed E-state index contributed by atoms with van der Waals surface area (Å²) in [7, 11) is -4.01. The topological polar surface area (TPSA) is 171 Å². The average Bonchev–Trinajstić information content (AvgIpc) is 3.80. The molecule has 0 spiro atoms. The second-order valence-electron chi connectivity index (χ2n) is 15.1. The van der Waals surface area contributed by atoms with Gasteiger partial charge < -0.3 is 14.8 Å². The summed E-state index contributed by atoms with van der Waals surface area (Å²) in [6, 6.07) is 27.1. The monoisotopic (exact) mass is 803 g/mol. The van der Waals surface area contributed by atoms with Crippen LogP contribution in [0.2, 0.25) is 0 Å². The van der Waals surface area contributed by atoms with Crippen LogP contribution in [0, 0.1) is 6.92 Å². The number of amides is 1. The van der Waals surface area contributed by atoms with Gasteiger partial charge >= 0.3 is 0 Å². The van der Waals surface area contributed by atoms with E-state index in [1.807, 2.05) is 55.5 Å². The molecule has 1 amide bonds. The van der Waals surface area contributed by atoms with Crippen LogP contribution in [-0.2, 0) is 19.6 Å². The van der Waals surface area contributed by atoms with Crippen molar-refractivity contribution in [2.24, 2.45) is 0 Å². The number of rotatable bonds is 11. The van der Waals surface area contributed by atoms with Gasteiger partial charge in [0.1, 0.15) is 11.3 Å². The number of aryl methyl sites for hydroxylation is 1. The number of aromatic nitrogens is 4. The molecule has 292 valence electrons. The Labute approximate surface area is 333 Å². The Morgan fingerprint density at radius 2 is 1.15 bits per heavy atom. The van der Waals surface area contributed by atoms with Gasteiger partial charge in [-0.15, -0.1) is 0 Å². The first-order valence-corrected chi connectivity index (χ1v) is 20.9. The first-order chi connectivity index (χ1) is 28.6. The Morgan fingerprint density at radius 1 is 0.627 bits per heavy atom. The van der Waals surface area contributed by atoms with E-state index in [9.17, 15) is 22.8 Å². The van der Waals surface area contributed by atoms with Gasteiger partial charge in [0.15, 0.2) is 0 Å². The van der Waals surface area contributed by atoms with Gasteiger partial charge in [-0.05, 0) is 106 Å². The first-order valence-electron chi connectivity index (χ1n) is 19.3. The summed E-state index contributed by atoms with van der Waals surface area (Å²) in [5.74, 6) is -0.692. The van der Waals surface area contributed by atoms with Crippen LogP contribution in [0.25, 0.3) is 98.0 Å². The molecule has 2 N–H and O–H groups in total. The SMILES string of the molecule is Cc1ccc2c(c1)nc1c3ccc4c5ccc6c7c(ccc(c8ccc(c(=O)n21)c3c84)c57)c(=O)n1c2cc(C(=O)NCCOCCOCCCS(=O)(=O)O)ccc2nc61. The van der Waals surface area contributed by atoms with Crippen molar-refractivity contribution in [2.75, 3.05) is 38.7 Å². The third-order valence-electron chi connectivity index (χ3n) is 11.6. The zero-order valence-corrected chi connectivity index (χ0v) is 32.4. The van der Waals surface area contributed by atoms with Crippen molar-refractivity contribution < 1.29 is 27.2 Å². The minimum absolute atomic E-state index is 0.105. The van der Waals surface area contributed by atoms with Crippen molar-refractivity contribution in [3.05, 3.63) is 117 Å². The highest BCUT2D eigenvalue weighted by Crippen LogP contribution is 2.45. The predicted octanol–water partition coefficient (Wildman–Crippen LogP) is 6.59. The number of fused-ring (bicyclic) bond motifs is 10. The van der Waals surface area contributed by atoms with Crippen LogP contribution in [0.15, 0.2) is 94.5 Å². The van der Waals surface area contributed by atoms with E-state index in [0.717, 1.165) is 70.5 Å². The van der Waals surface area contributed by atoms with E-state index >= 15 is 0 Å². The van der Waals surface area contributed by atoms with E-state index in [-0.39, 0.29) is 62.2 Å². The quantitative estimate of drug-likeness (QED) is 0.0630. The summed E-state index contributed by atoms with van der Waals surface area (Å²) in [6.07, 6.45) is 0.181. The number of hydrogen-bond acceptors (Lipinski definition) is 9. The summed E-state index contributed by atoms with van der Waals surface area (Å²) >= 11 is 0. The minimum Gasteiger partial charge on any atom is -0.379 e. The molecular weight excluding hydrogens is 771 g/mol. The van der Waals surface area contributed by atoms with Crippen molar-refractivity contribution in [2.45, 2.75) is 13.3 Å². The normalized spacial score (nSPS) is 12.8. The van der Waals surface area contributed by atoms with Gasteiger partial charge in [0.25, 0.3) is 27.1 Å². The molecule has 0 saturated carbocycles. The third kappa shape index (κ3) is 5.34. The Morgan fingerprint density at radius 3 is 1.76 bits per heavy atom. The molecule has 0 bridgehead atoms. The lowest BCUT2D eigenvalue weighted by Gasteiger charge is -2.18.